The molecule has 16 heavy (non-hydrogen) atoms. The Balaban J connectivity index is 1.89. The lowest BCUT2D eigenvalue weighted by atomic mass is 9.99. The number of aryl methyl sites for hydroxylation is 1. The van der Waals surface area contributed by atoms with Gasteiger partial charge < -0.3 is 0 Å². The Labute approximate surface area is 97.9 Å². The third-order valence-corrected chi connectivity index (χ3v) is 3.94. The van der Waals surface area contributed by atoms with E-state index in [1.54, 1.807) is 0 Å². The van der Waals surface area contributed by atoms with Gasteiger partial charge in [-0.25, -0.2) is 0 Å². The van der Waals surface area contributed by atoms with Crippen LogP contribution >= 0.6 is 0 Å². The number of hydrogen-bond donors (Lipinski definition) is 0. The van der Waals surface area contributed by atoms with E-state index in [4.69, 9.17) is 0 Å². The molecule has 1 aromatic carbocycles. The molecule has 2 heterocycles. The molecule has 0 radical (unpaired) electrons. The summed E-state index contributed by atoms with van der Waals surface area (Å²) < 4.78 is 0. The molecule has 2 heteroatoms. The topological polar surface area (TPSA) is 6.48 Å². The first-order chi connectivity index (χ1) is 7.86. The lowest BCUT2D eigenvalue weighted by Gasteiger charge is -2.48. The minimum Gasteiger partial charge on any atom is -0.284 e. The van der Waals surface area contributed by atoms with E-state index in [2.05, 4.69) is 41.0 Å². The van der Waals surface area contributed by atoms with Crippen molar-refractivity contribution in [2.75, 3.05) is 26.2 Å². The standard InChI is InChI=1S/C14H20N2/c1-12-6-2-3-7-13(12)14(15-8-4-9-15)16-10-5-11-16/h2-3,6-7,14H,4-5,8-11H2,1H3. The van der Waals surface area contributed by atoms with Crippen LogP contribution in [0.3, 0.4) is 0 Å². The molecule has 2 fully saturated rings. The molecule has 0 aliphatic carbocycles. The zero-order valence-electron chi connectivity index (χ0n) is 10.0. The molecule has 0 unspecified atom stereocenters. The molecule has 3 rings (SSSR count). The average molecular weight is 216 g/mol. The van der Waals surface area contributed by atoms with Crippen molar-refractivity contribution >= 4 is 0 Å². The lowest BCUT2D eigenvalue weighted by Crippen LogP contribution is -2.52. The van der Waals surface area contributed by atoms with E-state index in [1.165, 1.54) is 50.1 Å². The highest BCUT2D eigenvalue weighted by atomic mass is 15.4. The van der Waals surface area contributed by atoms with Crippen LogP contribution in [0.4, 0.5) is 0 Å². The maximum atomic E-state index is 2.61. The van der Waals surface area contributed by atoms with Gasteiger partial charge in [-0.1, -0.05) is 24.3 Å². The van der Waals surface area contributed by atoms with E-state index < -0.39 is 0 Å². The second kappa shape index (κ2) is 4.19. The van der Waals surface area contributed by atoms with Crippen molar-refractivity contribution in [1.82, 2.24) is 9.80 Å². The molecule has 2 aliphatic rings. The number of nitrogens with zero attached hydrogens (tertiary/aromatic N) is 2. The summed E-state index contributed by atoms with van der Waals surface area (Å²) in [5, 5.41) is 0. The monoisotopic (exact) mass is 216 g/mol. The zero-order valence-corrected chi connectivity index (χ0v) is 10.0. The molecule has 0 bridgehead atoms. The van der Waals surface area contributed by atoms with Gasteiger partial charge in [0.15, 0.2) is 0 Å². The van der Waals surface area contributed by atoms with Gasteiger partial charge in [0, 0.05) is 26.2 Å². The molecule has 0 amide bonds. The summed E-state index contributed by atoms with van der Waals surface area (Å²) in [6.45, 7) is 7.33. The van der Waals surface area contributed by atoms with Gasteiger partial charge in [0.25, 0.3) is 0 Å². The summed E-state index contributed by atoms with van der Waals surface area (Å²) in [4.78, 5) is 5.23. The summed E-state index contributed by atoms with van der Waals surface area (Å²) in [5.41, 5.74) is 2.95. The maximum Gasteiger partial charge on any atom is 0.0888 e. The summed E-state index contributed by atoms with van der Waals surface area (Å²) in [6, 6.07) is 8.86. The Morgan fingerprint density at radius 3 is 1.94 bits per heavy atom. The molecule has 2 aliphatic heterocycles. The van der Waals surface area contributed by atoms with Crippen LogP contribution in [0.5, 0.6) is 0 Å². The van der Waals surface area contributed by atoms with Crippen molar-refractivity contribution in [2.24, 2.45) is 0 Å². The third kappa shape index (κ3) is 1.66. The van der Waals surface area contributed by atoms with Gasteiger partial charge >= 0.3 is 0 Å². The highest BCUT2D eigenvalue weighted by Crippen LogP contribution is 2.33. The number of benzene rings is 1. The van der Waals surface area contributed by atoms with Crippen LogP contribution in [-0.2, 0) is 0 Å². The van der Waals surface area contributed by atoms with E-state index >= 15 is 0 Å². The van der Waals surface area contributed by atoms with Gasteiger partial charge in [0.1, 0.15) is 0 Å². The Kier molecular flexibility index (Phi) is 2.70. The predicted molar refractivity (Wildman–Crippen MR) is 66.3 cm³/mol. The highest BCUT2D eigenvalue weighted by Gasteiger charge is 2.33. The largest absolute Gasteiger partial charge is 0.284 e. The SMILES string of the molecule is Cc1ccccc1C(N1CCC1)N1CCC1. The van der Waals surface area contributed by atoms with Gasteiger partial charge in [0.05, 0.1) is 6.17 Å². The van der Waals surface area contributed by atoms with Crippen molar-refractivity contribution in [3.63, 3.8) is 0 Å². The van der Waals surface area contributed by atoms with Gasteiger partial charge in [0.2, 0.25) is 0 Å². The molecule has 0 aromatic heterocycles. The van der Waals surface area contributed by atoms with Crippen LogP contribution in [0.15, 0.2) is 24.3 Å². The number of hydrogen-bond acceptors (Lipinski definition) is 2. The first-order valence-electron chi connectivity index (χ1n) is 6.40. The summed E-state index contributed by atoms with van der Waals surface area (Å²) in [6.07, 6.45) is 3.30. The van der Waals surface area contributed by atoms with Crippen LogP contribution < -0.4 is 0 Å². The van der Waals surface area contributed by atoms with E-state index in [9.17, 15) is 0 Å². The van der Waals surface area contributed by atoms with Crippen molar-refractivity contribution < 1.29 is 0 Å². The minimum atomic E-state index is 0.559. The van der Waals surface area contributed by atoms with E-state index in [0.29, 0.717) is 6.17 Å². The molecule has 2 saturated heterocycles. The minimum absolute atomic E-state index is 0.559. The first-order valence-corrected chi connectivity index (χ1v) is 6.40. The maximum absolute atomic E-state index is 2.61. The lowest BCUT2D eigenvalue weighted by molar-refractivity contribution is -0.0325. The molecule has 86 valence electrons. The van der Waals surface area contributed by atoms with Crippen LogP contribution in [0, 0.1) is 6.92 Å². The predicted octanol–water partition coefficient (Wildman–Crippen LogP) is 2.41. The Bertz CT molecular complexity index is 353. The fraction of sp³-hybridized carbons (Fsp3) is 0.571. The summed E-state index contributed by atoms with van der Waals surface area (Å²) >= 11 is 0. The van der Waals surface area contributed by atoms with Crippen LogP contribution in [0.25, 0.3) is 0 Å². The molecular formula is C14H20N2. The first kappa shape index (κ1) is 10.3. The molecule has 0 spiro atoms. The van der Waals surface area contributed by atoms with Crippen LogP contribution in [0.1, 0.15) is 30.1 Å². The molecular weight excluding hydrogens is 196 g/mol. The fourth-order valence-corrected chi connectivity index (χ4v) is 2.67. The molecule has 2 nitrogen and oxygen atoms in total. The van der Waals surface area contributed by atoms with Gasteiger partial charge in [-0.3, -0.25) is 9.80 Å². The smallest absolute Gasteiger partial charge is 0.0888 e. The molecule has 0 N–H and O–H groups in total. The Morgan fingerprint density at radius 2 is 1.50 bits per heavy atom. The summed E-state index contributed by atoms with van der Waals surface area (Å²) in [7, 11) is 0. The zero-order chi connectivity index (χ0) is 11.0. The third-order valence-electron chi connectivity index (χ3n) is 3.94. The van der Waals surface area contributed by atoms with Crippen molar-refractivity contribution in [3.05, 3.63) is 35.4 Å². The second-order valence-corrected chi connectivity index (χ2v) is 5.01. The average Bonchev–Trinajstić information content (AvgIpc) is 2.12. The quantitative estimate of drug-likeness (QED) is 0.765. The van der Waals surface area contributed by atoms with Crippen LogP contribution in [-0.4, -0.2) is 36.0 Å². The second-order valence-electron chi connectivity index (χ2n) is 5.01. The number of likely N-dealkylation sites (tertiary alicyclic amines) is 2. The molecule has 0 atom stereocenters. The number of rotatable bonds is 3. The molecule has 0 saturated carbocycles. The van der Waals surface area contributed by atoms with E-state index in [-0.39, 0.29) is 0 Å². The van der Waals surface area contributed by atoms with Crippen molar-refractivity contribution in [1.29, 1.82) is 0 Å². The van der Waals surface area contributed by atoms with Crippen molar-refractivity contribution in [2.45, 2.75) is 25.9 Å². The van der Waals surface area contributed by atoms with E-state index in [1.807, 2.05) is 0 Å². The van der Waals surface area contributed by atoms with Crippen molar-refractivity contribution in [3.8, 4) is 0 Å². The summed E-state index contributed by atoms with van der Waals surface area (Å²) in [5.74, 6) is 0. The van der Waals surface area contributed by atoms with Gasteiger partial charge in [-0.2, -0.15) is 0 Å². The highest BCUT2D eigenvalue weighted by molar-refractivity contribution is 5.29. The fourth-order valence-electron chi connectivity index (χ4n) is 2.67. The Hall–Kier alpha value is -0.860. The Morgan fingerprint density at radius 1 is 0.938 bits per heavy atom. The van der Waals surface area contributed by atoms with Crippen LogP contribution in [0.2, 0.25) is 0 Å². The molecule has 1 aromatic rings. The van der Waals surface area contributed by atoms with Gasteiger partial charge in [-0.15, -0.1) is 0 Å². The normalized spacial score (nSPS) is 21.9. The van der Waals surface area contributed by atoms with Gasteiger partial charge in [-0.05, 0) is 30.9 Å². The van der Waals surface area contributed by atoms with E-state index in [0.717, 1.165) is 0 Å².